The van der Waals surface area contributed by atoms with Crippen LogP contribution in [0, 0.1) is 23.2 Å². The molecular weight excluding hydrogens is 304 g/mol. The molecule has 142 valence electrons. The normalized spacial score (nSPS) is 12.4. The van der Waals surface area contributed by atoms with Crippen molar-refractivity contribution in [3.8, 4) is 0 Å². The minimum Gasteiger partial charge on any atom is -0.381 e. The number of carbonyl (C=O) groups is 2. The van der Waals surface area contributed by atoms with Gasteiger partial charge in [-0.25, -0.2) is 0 Å². The molecule has 0 aromatic carbocycles. The number of hydrogen-bond acceptors (Lipinski definition) is 4. The fourth-order valence-corrected chi connectivity index (χ4v) is 2.45. The predicted octanol–water partition coefficient (Wildman–Crippen LogP) is 4.30. The van der Waals surface area contributed by atoms with Crippen molar-refractivity contribution >= 4 is 11.6 Å². The number of Topliss-reactive ketones (excluding diaryl/α,β-unsaturated/α-hetero) is 2. The van der Waals surface area contributed by atoms with Crippen LogP contribution in [0.25, 0.3) is 0 Å². The molecule has 0 atom stereocenters. The van der Waals surface area contributed by atoms with Crippen molar-refractivity contribution in [2.75, 3.05) is 26.4 Å². The first-order chi connectivity index (χ1) is 11.0. The Balaban J connectivity index is 4.15. The Bertz CT molecular complexity index is 338. The highest BCUT2D eigenvalue weighted by atomic mass is 16.5. The van der Waals surface area contributed by atoms with Crippen LogP contribution in [-0.2, 0) is 19.1 Å². The minimum atomic E-state index is 0.0702. The van der Waals surface area contributed by atoms with Crippen LogP contribution in [0.2, 0.25) is 0 Å². The fraction of sp³-hybridized carbons (Fsp3) is 0.900. The lowest BCUT2D eigenvalue weighted by atomic mass is 9.85. The summed E-state index contributed by atoms with van der Waals surface area (Å²) in [6, 6.07) is 0. The Morgan fingerprint density at radius 3 is 1.46 bits per heavy atom. The van der Waals surface area contributed by atoms with Gasteiger partial charge in [-0.2, -0.15) is 0 Å². The van der Waals surface area contributed by atoms with E-state index >= 15 is 0 Å². The molecule has 0 aromatic rings. The Morgan fingerprint density at radius 1 is 0.792 bits per heavy atom. The van der Waals surface area contributed by atoms with Crippen LogP contribution in [0.3, 0.4) is 0 Å². The van der Waals surface area contributed by atoms with Gasteiger partial charge in [0.15, 0.2) is 0 Å². The van der Waals surface area contributed by atoms with Gasteiger partial charge >= 0.3 is 0 Å². The van der Waals surface area contributed by atoms with E-state index in [-0.39, 0.29) is 34.7 Å². The maximum absolute atomic E-state index is 11.6. The van der Waals surface area contributed by atoms with Crippen molar-refractivity contribution < 1.29 is 19.1 Å². The molecule has 24 heavy (non-hydrogen) atoms. The molecule has 0 radical (unpaired) electrons. The lowest BCUT2D eigenvalue weighted by Gasteiger charge is -2.26. The molecule has 4 heteroatoms. The van der Waals surface area contributed by atoms with E-state index < -0.39 is 0 Å². The largest absolute Gasteiger partial charge is 0.381 e. The summed E-state index contributed by atoms with van der Waals surface area (Å²) < 4.78 is 11.4. The molecule has 0 aliphatic rings. The van der Waals surface area contributed by atoms with Crippen LogP contribution >= 0.6 is 0 Å². The highest BCUT2D eigenvalue weighted by Crippen LogP contribution is 2.25. The first kappa shape index (κ1) is 23.3. The number of ketones is 2. The van der Waals surface area contributed by atoms with Gasteiger partial charge in [-0.3, -0.25) is 9.59 Å². The van der Waals surface area contributed by atoms with E-state index in [2.05, 4.69) is 20.8 Å². The monoisotopic (exact) mass is 342 g/mol. The molecule has 0 N–H and O–H groups in total. The van der Waals surface area contributed by atoms with Crippen LogP contribution in [0.1, 0.15) is 67.7 Å². The topological polar surface area (TPSA) is 52.6 Å². The van der Waals surface area contributed by atoms with Gasteiger partial charge in [0.1, 0.15) is 11.6 Å². The van der Waals surface area contributed by atoms with Crippen molar-refractivity contribution in [2.24, 2.45) is 23.2 Å². The second-order valence-electron chi connectivity index (χ2n) is 8.52. The molecule has 4 nitrogen and oxygen atoms in total. The maximum Gasteiger partial charge on any atom is 0.137 e. The SMILES string of the molecule is CC(C)C(=O)CCOCC(COCCC(=O)C(C)C)CC(C)(C)C. The Kier molecular flexibility index (Phi) is 11.4. The van der Waals surface area contributed by atoms with Gasteiger partial charge in [0.2, 0.25) is 0 Å². The molecule has 0 spiro atoms. The van der Waals surface area contributed by atoms with E-state index in [4.69, 9.17) is 9.47 Å². The van der Waals surface area contributed by atoms with Gasteiger partial charge in [-0.05, 0) is 11.8 Å². The average molecular weight is 343 g/mol. The molecule has 0 saturated carbocycles. The summed E-state index contributed by atoms with van der Waals surface area (Å²) in [7, 11) is 0. The van der Waals surface area contributed by atoms with Gasteiger partial charge in [-0.1, -0.05) is 48.5 Å². The molecule has 0 heterocycles. The van der Waals surface area contributed by atoms with E-state index in [9.17, 15) is 9.59 Å². The molecular formula is C20H38O4. The summed E-state index contributed by atoms with van der Waals surface area (Å²) in [5.41, 5.74) is 0.193. The third kappa shape index (κ3) is 12.7. The molecule has 0 rings (SSSR count). The lowest BCUT2D eigenvalue weighted by molar-refractivity contribution is -0.123. The Hall–Kier alpha value is -0.740. The summed E-state index contributed by atoms with van der Waals surface area (Å²) in [6.45, 7) is 16.4. The van der Waals surface area contributed by atoms with Gasteiger partial charge in [0.25, 0.3) is 0 Å². The third-order valence-electron chi connectivity index (χ3n) is 3.88. The molecule has 0 unspecified atom stereocenters. The molecule has 0 aromatic heterocycles. The molecule has 0 fully saturated rings. The first-order valence-corrected chi connectivity index (χ1v) is 9.24. The van der Waals surface area contributed by atoms with Crippen LogP contribution in [0.5, 0.6) is 0 Å². The summed E-state index contributed by atoms with van der Waals surface area (Å²) in [5, 5.41) is 0. The van der Waals surface area contributed by atoms with E-state index in [1.165, 1.54) is 0 Å². The van der Waals surface area contributed by atoms with Crippen molar-refractivity contribution in [1.29, 1.82) is 0 Å². The van der Waals surface area contributed by atoms with Crippen LogP contribution in [0.4, 0.5) is 0 Å². The van der Waals surface area contributed by atoms with Crippen molar-refractivity contribution in [1.82, 2.24) is 0 Å². The maximum atomic E-state index is 11.6. The lowest BCUT2D eigenvalue weighted by Crippen LogP contribution is -2.24. The van der Waals surface area contributed by atoms with E-state index in [0.717, 1.165) is 6.42 Å². The van der Waals surface area contributed by atoms with Gasteiger partial charge < -0.3 is 9.47 Å². The van der Waals surface area contributed by atoms with E-state index in [1.54, 1.807) is 0 Å². The number of hydrogen-bond donors (Lipinski definition) is 0. The standard InChI is InChI=1S/C20H38O4/c1-15(2)18(21)8-10-23-13-17(12-20(5,6)7)14-24-11-9-19(22)16(3)4/h15-17H,8-14H2,1-7H3. The summed E-state index contributed by atoms with van der Waals surface area (Å²) in [5.74, 6) is 0.909. The Morgan fingerprint density at radius 2 is 1.17 bits per heavy atom. The van der Waals surface area contributed by atoms with Gasteiger partial charge in [0, 0.05) is 30.6 Å². The number of carbonyl (C=O) groups excluding carboxylic acids is 2. The summed E-state index contributed by atoms with van der Waals surface area (Å²) >= 11 is 0. The molecule has 0 saturated heterocycles. The summed E-state index contributed by atoms with van der Waals surface area (Å²) in [6.07, 6.45) is 1.94. The zero-order chi connectivity index (χ0) is 18.8. The third-order valence-corrected chi connectivity index (χ3v) is 3.88. The molecule has 0 bridgehead atoms. The van der Waals surface area contributed by atoms with Crippen LogP contribution < -0.4 is 0 Å². The van der Waals surface area contributed by atoms with Crippen molar-refractivity contribution in [2.45, 2.75) is 67.7 Å². The molecule has 0 aliphatic carbocycles. The highest BCUT2D eigenvalue weighted by Gasteiger charge is 2.20. The minimum absolute atomic E-state index is 0.0702. The second-order valence-corrected chi connectivity index (χ2v) is 8.52. The average Bonchev–Trinajstić information content (AvgIpc) is 2.45. The predicted molar refractivity (Wildman–Crippen MR) is 98.1 cm³/mol. The van der Waals surface area contributed by atoms with Crippen LogP contribution in [-0.4, -0.2) is 38.0 Å². The van der Waals surface area contributed by atoms with Gasteiger partial charge in [0.05, 0.1) is 26.4 Å². The highest BCUT2D eigenvalue weighted by molar-refractivity contribution is 5.80. The number of ether oxygens (including phenoxy) is 2. The van der Waals surface area contributed by atoms with Crippen molar-refractivity contribution in [3.05, 3.63) is 0 Å². The van der Waals surface area contributed by atoms with Gasteiger partial charge in [-0.15, -0.1) is 0 Å². The second kappa shape index (κ2) is 11.8. The van der Waals surface area contributed by atoms with Crippen molar-refractivity contribution in [3.63, 3.8) is 0 Å². The van der Waals surface area contributed by atoms with Crippen LogP contribution in [0.15, 0.2) is 0 Å². The smallest absolute Gasteiger partial charge is 0.137 e. The quantitative estimate of drug-likeness (QED) is 0.468. The first-order valence-electron chi connectivity index (χ1n) is 9.24. The number of rotatable bonds is 13. The van der Waals surface area contributed by atoms with E-state index in [1.807, 2.05) is 27.7 Å². The zero-order valence-corrected chi connectivity index (χ0v) is 16.8. The summed E-state index contributed by atoms with van der Waals surface area (Å²) in [4.78, 5) is 23.2. The molecule has 0 aliphatic heterocycles. The molecule has 0 amide bonds. The fourth-order valence-electron chi connectivity index (χ4n) is 2.45. The van der Waals surface area contributed by atoms with E-state index in [0.29, 0.717) is 39.3 Å². The zero-order valence-electron chi connectivity index (χ0n) is 16.8. The Labute approximate surface area is 148 Å².